The smallest absolute Gasteiger partial charge is 0.330 e. The normalized spacial score (nSPS) is 37.9. The molecule has 15 nitrogen and oxygen atoms in total. The summed E-state index contributed by atoms with van der Waals surface area (Å²) < 4.78 is 23.8. The van der Waals surface area contributed by atoms with E-state index in [0.29, 0.717) is 19.3 Å². The number of hydrogen-bond acceptors (Lipinski definition) is 11. The zero-order valence-electron chi connectivity index (χ0n) is 28.2. The summed E-state index contributed by atoms with van der Waals surface area (Å²) in [5.41, 5.74) is 7.95. The molecule has 1 aliphatic heterocycles. The predicted molar refractivity (Wildman–Crippen MR) is 172 cm³/mol. The Balaban J connectivity index is 1.27. The maximum Gasteiger partial charge on any atom is 0.330 e. The third kappa shape index (κ3) is 5.80. The van der Waals surface area contributed by atoms with Crippen LogP contribution in [0.25, 0.3) is 10.4 Å². The molecule has 0 amide bonds. The molecule has 6 rings (SSSR count). The van der Waals surface area contributed by atoms with Gasteiger partial charge in [0.1, 0.15) is 18.9 Å². The highest BCUT2D eigenvalue weighted by Gasteiger charge is 2.67. The molecule has 10 unspecified atom stereocenters. The molecule has 0 aromatic carbocycles. The quantitative estimate of drug-likeness (QED) is 0.128. The highest BCUT2D eigenvalue weighted by atomic mass is 16.7. The molecule has 0 spiro atoms. The van der Waals surface area contributed by atoms with Gasteiger partial charge in [0.15, 0.2) is 11.6 Å². The van der Waals surface area contributed by atoms with Crippen LogP contribution < -0.4 is 11.2 Å². The fourth-order valence-electron chi connectivity index (χ4n) is 9.90. The van der Waals surface area contributed by atoms with Gasteiger partial charge in [-0.05, 0) is 67.5 Å². The van der Waals surface area contributed by atoms with Gasteiger partial charge in [0.05, 0.1) is 18.1 Å². The Labute approximate surface area is 282 Å². The molecular weight excluding hydrogens is 638 g/mol. The van der Waals surface area contributed by atoms with E-state index in [0.717, 1.165) is 5.57 Å². The number of H-pyrrole nitrogens is 1. The van der Waals surface area contributed by atoms with Crippen LogP contribution in [0.4, 0.5) is 0 Å². The maximum absolute atomic E-state index is 14.1. The van der Waals surface area contributed by atoms with Crippen molar-refractivity contribution < 1.29 is 38.4 Å². The van der Waals surface area contributed by atoms with Crippen molar-refractivity contribution in [3.8, 4) is 0 Å². The van der Waals surface area contributed by atoms with Crippen molar-refractivity contribution in [2.24, 2.45) is 45.5 Å². The van der Waals surface area contributed by atoms with Gasteiger partial charge in [0, 0.05) is 54.6 Å². The van der Waals surface area contributed by atoms with E-state index in [4.69, 9.17) is 18.9 Å². The van der Waals surface area contributed by atoms with Crippen LogP contribution in [0, 0.1) is 47.3 Å². The Bertz CT molecular complexity index is 1760. The van der Waals surface area contributed by atoms with Crippen molar-refractivity contribution in [1.82, 2.24) is 9.55 Å². The average Bonchev–Trinajstić information content (AvgIpc) is 3.60. The number of rotatable bonds is 9. The van der Waals surface area contributed by atoms with Gasteiger partial charge in [-0.15, -0.1) is 0 Å². The van der Waals surface area contributed by atoms with Crippen molar-refractivity contribution in [2.45, 2.75) is 83.6 Å². The molecule has 15 heteroatoms. The fraction of sp³-hybridized carbons (Fsp3) is 0.676. The Morgan fingerprint density at radius 3 is 2.65 bits per heavy atom. The van der Waals surface area contributed by atoms with Gasteiger partial charge in [0.25, 0.3) is 5.56 Å². The lowest BCUT2D eigenvalue weighted by atomic mass is 9.46. The van der Waals surface area contributed by atoms with Crippen molar-refractivity contribution >= 4 is 17.5 Å². The van der Waals surface area contributed by atoms with E-state index < -0.39 is 76.4 Å². The van der Waals surface area contributed by atoms with E-state index in [-0.39, 0.29) is 48.5 Å². The van der Waals surface area contributed by atoms with Gasteiger partial charge in [-0.2, -0.15) is 0 Å². The maximum atomic E-state index is 14.1. The number of aliphatic hydroxyl groups excluding tert-OH is 1. The third-order valence-corrected chi connectivity index (χ3v) is 12.1. The number of aromatic nitrogens is 2. The Morgan fingerprint density at radius 1 is 1.22 bits per heavy atom. The topological polar surface area (TPSA) is 212 Å². The van der Waals surface area contributed by atoms with Gasteiger partial charge in [-0.3, -0.25) is 28.7 Å². The van der Waals surface area contributed by atoms with E-state index in [2.05, 4.69) is 21.9 Å². The SMILES string of the molecule is COC(OC)C(=O)C1C(C(=O)OCC2OC(n3cc(C)c(=O)[nH]c3=O)C[C@@H]2N=[N+]=[N-])CC2C3CCC4=CC(=O)C=CC4(C)C3C(O)CC21C. The van der Waals surface area contributed by atoms with Crippen LogP contribution in [0.5, 0.6) is 0 Å². The summed E-state index contributed by atoms with van der Waals surface area (Å²) in [5, 5.41) is 15.6. The molecule has 2 heterocycles. The third-order valence-electron chi connectivity index (χ3n) is 12.1. The van der Waals surface area contributed by atoms with Crippen LogP contribution in [-0.2, 0) is 33.3 Å². The number of fused-ring (bicyclic) bond motifs is 5. The fourth-order valence-corrected chi connectivity index (χ4v) is 9.90. The molecule has 11 atom stereocenters. The lowest BCUT2D eigenvalue weighted by Crippen LogP contribution is -2.57. The van der Waals surface area contributed by atoms with E-state index in [9.17, 15) is 34.6 Å². The number of esters is 1. The summed E-state index contributed by atoms with van der Waals surface area (Å²) in [4.78, 5) is 70.0. The van der Waals surface area contributed by atoms with Crippen LogP contribution in [0.2, 0.25) is 0 Å². The van der Waals surface area contributed by atoms with Crippen LogP contribution in [0.1, 0.15) is 57.7 Å². The summed E-state index contributed by atoms with van der Waals surface area (Å²) in [6.07, 6.45) is 4.71. The number of aromatic amines is 1. The number of hydrogen-bond donors (Lipinski definition) is 2. The summed E-state index contributed by atoms with van der Waals surface area (Å²) in [6, 6.07) is -0.786. The molecule has 4 fully saturated rings. The number of nitrogens with one attached hydrogen (secondary N) is 1. The Hall–Kier alpha value is -3.88. The van der Waals surface area contributed by atoms with Crippen LogP contribution in [-0.4, -0.2) is 77.6 Å². The number of aryl methyl sites for hydroxylation is 1. The number of carbonyl (C=O) groups excluding carboxylic acids is 3. The molecule has 2 N–H and O–H groups in total. The molecule has 0 radical (unpaired) electrons. The van der Waals surface area contributed by atoms with Gasteiger partial charge in [-0.1, -0.05) is 30.6 Å². The van der Waals surface area contributed by atoms with Crippen LogP contribution >= 0.6 is 0 Å². The second kappa shape index (κ2) is 13.1. The first-order valence-electron chi connectivity index (χ1n) is 16.7. The molecule has 1 aromatic rings. The first-order valence-corrected chi connectivity index (χ1v) is 16.7. The van der Waals surface area contributed by atoms with Crippen molar-refractivity contribution in [3.63, 3.8) is 0 Å². The van der Waals surface area contributed by atoms with Gasteiger partial charge >= 0.3 is 11.7 Å². The zero-order valence-corrected chi connectivity index (χ0v) is 28.2. The van der Waals surface area contributed by atoms with Crippen molar-refractivity contribution in [1.29, 1.82) is 0 Å². The molecule has 1 aromatic heterocycles. The van der Waals surface area contributed by atoms with Gasteiger partial charge in [0.2, 0.25) is 6.29 Å². The molecule has 5 aliphatic rings. The highest BCUT2D eigenvalue weighted by Crippen LogP contribution is 2.67. The monoisotopic (exact) mass is 681 g/mol. The summed E-state index contributed by atoms with van der Waals surface area (Å²) in [7, 11) is 2.71. The number of nitrogens with zero attached hydrogens (tertiary/aromatic N) is 4. The van der Waals surface area contributed by atoms with E-state index in [1.807, 2.05) is 13.0 Å². The van der Waals surface area contributed by atoms with Crippen LogP contribution in [0.15, 0.2) is 44.7 Å². The van der Waals surface area contributed by atoms with Gasteiger partial charge < -0.3 is 24.1 Å². The molecule has 0 bridgehead atoms. The largest absolute Gasteiger partial charge is 0.463 e. The lowest BCUT2D eigenvalue weighted by Gasteiger charge is -2.58. The molecule has 264 valence electrons. The second-order valence-electron chi connectivity index (χ2n) is 14.6. The number of ether oxygens (including phenoxy) is 4. The molecule has 49 heavy (non-hydrogen) atoms. The number of azide groups is 1. The summed E-state index contributed by atoms with van der Waals surface area (Å²) in [5.74, 6) is -3.30. The number of Topliss-reactive ketones (excluding diaryl/α,β-unsaturated/α-hetero) is 1. The number of methoxy groups -OCH3 is 2. The minimum atomic E-state index is -1.23. The molecular formula is C34H43N5O10. The number of allylic oxidation sites excluding steroid dienone is 4. The Kier molecular flexibility index (Phi) is 9.35. The first kappa shape index (κ1) is 35.0. The van der Waals surface area contributed by atoms with Crippen molar-refractivity contribution in [3.05, 3.63) is 66.8 Å². The standard InChI is InChI=1S/C34H43N5O10/c1-16-14-39(32(45)36-29(16)43)25-12-22(37-38-35)24(49-25)15-48-30(44)20-11-21-19-7-6-17-10-18(40)8-9-33(17,2)26(19)23(41)13-34(21,3)27(20)28(42)31(46-4)47-5/h8-10,14,19-27,31,41H,6-7,11-13,15H2,1-5H3,(H,36,43,45)/t19?,20?,21?,22-,23?,24?,25?,26?,27?,33?,34?/m0/s1. The number of carbonyl (C=O) groups is 3. The second-order valence-corrected chi connectivity index (χ2v) is 14.6. The molecule has 1 saturated heterocycles. The average molecular weight is 682 g/mol. The number of ketones is 2. The van der Waals surface area contributed by atoms with Gasteiger partial charge in [-0.25, -0.2) is 4.79 Å². The Morgan fingerprint density at radius 2 is 1.96 bits per heavy atom. The number of aliphatic hydroxyl groups is 1. The predicted octanol–water partition coefficient (Wildman–Crippen LogP) is 2.66. The van der Waals surface area contributed by atoms with E-state index in [1.54, 1.807) is 19.1 Å². The minimum absolute atomic E-state index is 0.0438. The lowest BCUT2D eigenvalue weighted by molar-refractivity contribution is -0.176. The summed E-state index contributed by atoms with van der Waals surface area (Å²) in [6.45, 7) is 5.24. The molecule has 3 saturated carbocycles. The van der Waals surface area contributed by atoms with E-state index in [1.165, 1.54) is 25.0 Å². The van der Waals surface area contributed by atoms with Crippen LogP contribution in [0.3, 0.4) is 0 Å². The molecule has 4 aliphatic carbocycles. The zero-order chi connectivity index (χ0) is 35.4. The highest BCUT2D eigenvalue weighted by molar-refractivity contribution is 6.01. The first-order chi connectivity index (χ1) is 23.3. The van der Waals surface area contributed by atoms with Crippen molar-refractivity contribution in [2.75, 3.05) is 20.8 Å². The van der Waals surface area contributed by atoms with E-state index >= 15 is 0 Å². The minimum Gasteiger partial charge on any atom is -0.463 e. The summed E-state index contributed by atoms with van der Waals surface area (Å²) >= 11 is 0.